The van der Waals surface area contributed by atoms with Crippen LogP contribution in [0, 0.1) is 6.92 Å². The summed E-state index contributed by atoms with van der Waals surface area (Å²) < 4.78 is 4.74. The monoisotopic (exact) mass is 805 g/mol. The van der Waals surface area contributed by atoms with Gasteiger partial charge < -0.3 is 4.57 Å². The Bertz CT molecular complexity index is 3390. The summed E-state index contributed by atoms with van der Waals surface area (Å²) in [6, 6.07) is 76.3. The van der Waals surface area contributed by atoms with Gasteiger partial charge in [0.15, 0.2) is 0 Å². The molecular formula is C60H43N3. The molecule has 3 heteroatoms. The summed E-state index contributed by atoms with van der Waals surface area (Å²) in [6.07, 6.45) is 6.05. The SMILES string of the molecule is C=C/C=C\c1c(C)n(-c2cc(-c3ccccc3)cc(-c3ccccc3)n2)c2ccc(-c3ccc4c(c3)c3ccccc3n4-c3cc(-c4ccccc4)cc(-c4ccccc4)c3)cc12. The van der Waals surface area contributed by atoms with E-state index in [-0.39, 0.29) is 0 Å². The molecule has 8 aromatic carbocycles. The normalized spacial score (nSPS) is 11.6. The van der Waals surface area contributed by atoms with E-state index in [1.807, 2.05) is 18.2 Å². The molecule has 0 aliphatic carbocycles. The standard InChI is InChI=1S/C60H43N3/c1-3-4-27-52-41(2)62(60-40-50(44-23-13-7-14-24-44)39-56(61-60)45-25-15-8-16-26-45)58-32-30-46(37-54(52)58)47-31-33-59-55(38-47)53-28-17-18-29-57(53)63(59)51-35-48(42-19-9-5-10-20-42)34-49(36-51)43-21-11-6-12-22-43/h3-40H,1H2,2H3/b27-4-. The van der Waals surface area contributed by atoms with E-state index in [1.54, 1.807) is 0 Å². The second kappa shape index (κ2) is 16.0. The van der Waals surface area contributed by atoms with E-state index < -0.39 is 0 Å². The van der Waals surface area contributed by atoms with Crippen molar-refractivity contribution in [3.05, 3.63) is 242 Å². The number of aromatic nitrogens is 3. The minimum Gasteiger partial charge on any atom is -0.309 e. The van der Waals surface area contributed by atoms with Gasteiger partial charge in [0.05, 0.1) is 22.2 Å². The molecule has 0 bridgehead atoms. The van der Waals surface area contributed by atoms with Crippen LogP contribution in [0.1, 0.15) is 11.3 Å². The lowest BCUT2D eigenvalue weighted by Crippen LogP contribution is -2.02. The molecule has 0 aliphatic rings. The highest BCUT2D eigenvalue weighted by molar-refractivity contribution is 6.11. The van der Waals surface area contributed by atoms with Crippen molar-refractivity contribution in [3.8, 4) is 67.3 Å². The van der Waals surface area contributed by atoms with Crippen molar-refractivity contribution in [2.45, 2.75) is 6.92 Å². The molecule has 0 aliphatic heterocycles. The Morgan fingerprint density at radius 3 is 1.48 bits per heavy atom. The van der Waals surface area contributed by atoms with Crippen LogP contribution >= 0.6 is 0 Å². The van der Waals surface area contributed by atoms with Crippen molar-refractivity contribution in [2.24, 2.45) is 0 Å². The van der Waals surface area contributed by atoms with Crippen molar-refractivity contribution in [1.82, 2.24) is 14.1 Å². The number of hydrogen-bond donors (Lipinski definition) is 0. The molecule has 298 valence electrons. The molecule has 0 atom stereocenters. The van der Waals surface area contributed by atoms with Gasteiger partial charge in [-0.1, -0.05) is 176 Å². The Hall–Kier alpha value is -8.27. The Labute approximate surface area is 367 Å². The summed E-state index contributed by atoms with van der Waals surface area (Å²) in [5, 5.41) is 3.59. The first-order valence-corrected chi connectivity index (χ1v) is 21.5. The molecule has 11 aromatic rings. The average molecular weight is 806 g/mol. The molecule has 3 aromatic heterocycles. The molecule has 3 nitrogen and oxygen atoms in total. The number of nitrogens with zero attached hydrogens (tertiary/aromatic N) is 3. The molecule has 3 heterocycles. The molecule has 0 radical (unpaired) electrons. The van der Waals surface area contributed by atoms with E-state index in [0.29, 0.717) is 0 Å². The number of benzene rings is 8. The Balaban J connectivity index is 1.08. The first-order chi connectivity index (χ1) is 31.1. The van der Waals surface area contributed by atoms with E-state index >= 15 is 0 Å². The molecular weight excluding hydrogens is 763 g/mol. The predicted octanol–water partition coefficient (Wildman–Crippen LogP) is 16.0. The molecule has 0 saturated carbocycles. The maximum atomic E-state index is 5.34. The maximum absolute atomic E-state index is 5.34. The van der Waals surface area contributed by atoms with Gasteiger partial charge in [0.2, 0.25) is 0 Å². The van der Waals surface area contributed by atoms with Gasteiger partial charge in [-0.05, 0) is 112 Å². The van der Waals surface area contributed by atoms with Crippen LogP contribution in [-0.4, -0.2) is 14.1 Å². The molecule has 0 N–H and O–H groups in total. The summed E-state index contributed by atoms with van der Waals surface area (Å²) in [4.78, 5) is 5.34. The number of rotatable bonds is 9. The fourth-order valence-electron chi connectivity index (χ4n) is 9.24. The second-order valence-electron chi connectivity index (χ2n) is 16.1. The zero-order valence-electron chi connectivity index (χ0n) is 35.0. The van der Waals surface area contributed by atoms with Gasteiger partial charge in [-0.15, -0.1) is 0 Å². The summed E-state index contributed by atoms with van der Waals surface area (Å²) in [6.45, 7) is 6.21. The third-order valence-corrected chi connectivity index (χ3v) is 12.3. The largest absolute Gasteiger partial charge is 0.309 e. The van der Waals surface area contributed by atoms with Crippen LogP contribution in [0.5, 0.6) is 0 Å². The van der Waals surface area contributed by atoms with Gasteiger partial charge in [0.25, 0.3) is 0 Å². The molecule has 11 rings (SSSR count). The van der Waals surface area contributed by atoms with Crippen molar-refractivity contribution in [2.75, 3.05) is 0 Å². The van der Waals surface area contributed by atoms with E-state index in [0.717, 1.165) is 67.2 Å². The van der Waals surface area contributed by atoms with Crippen LogP contribution in [0.3, 0.4) is 0 Å². The number of fused-ring (bicyclic) bond motifs is 4. The van der Waals surface area contributed by atoms with E-state index in [9.17, 15) is 0 Å². The highest BCUT2D eigenvalue weighted by Crippen LogP contribution is 2.40. The van der Waals surface area contributed by atoms with Crippen molar-refractivity contribution >= 4 is 38.8 Å². The smallest absolute Gasteiger partial charge is 0.138 e. The topological polar surface area (TPSA) is 22.8 Å². The van der Waals surface area contributed by atoms with Crippen molar-refractivity contribution in [1.29, 1.82) is 0 Å². The highest BCUT2D eigenvalue weighted by Gasteiger charge is 2.20. The Morgan fingerprint density at radius 2 is 0.889 bits per heavy atom. The Kier molecular flexibility index (Phi) is 9.56. The zero-order chi connectivity index (χ0) is 42.3. The van der Waals surface area contributed by atoms with Gasteiger partial charge in [0, 0.05) is 38.7 Å². The zero-order valence-corrected chi connectivity index (χ0v) is 35.0. The van der Waals surface area contributed by atoms with Crippen LogP contribution in [0.15, 0.2) is 231 Å². The van der Waals surface area contributed by atoms with Crippen molar-refractivity contribution in [3.63, 3.8) is 0 Å². The highest BCUT2D eigenvalue weighted by atomic mass is 15.1. The average Bonchev–Trinajstić information content (AvgIpc) is 3.84. The van der Waals surface area contributed by atoms with Crippen LogP contribution in [0.4, 0.5) is 0 Å². The number of para-hydroxylation sites is 1. The number of hydrogen-bond acceptors (Lipinski definition) is 1. The predicted molar refractivity (Wildman–Crippen MR) is 267 cm³/mol. The summed E-state index contributed by atoms with van der Waals surface area (Å²) in [5.74, 6) is 0.879. The van der Waals surface area contributed by atoms with E-state index in [4.69, 9.17) is 4.98 Å². The third-order valence-electron chi connectivity index (χ3n) is 12.3. The van der Waals surface area contributed by atoms with E-state index in [2.05, 4.69) is 235 Å². The number of allylic oxidation sites excluding steroid dienone is 2. The van der Waals surface area contributed by atoms with Crippen LogP contribution < -0.4 is 0 Å². The first kappa shape index (κ1) is 37.7. The van der Waals surface area contributed by atoms with Gasteiger partial charge in [-0.25, -0.2) is 4.98 Å². The molecule has 0 unspecified atom stereocenters. The lowest BCUT2D eigenvalue weighted by molar-refractivity contribution is 0.994. The summed E-state index contributed by atoms with van der Waals surface area (Å²) in [7, 11) is 0. The Morgan fingerprint density at radius 1 is 0.397 bits per heavy atom. The molecule has 0 fully saturated rings. The molecule has 63 heavy (non-hydrogen) atoms. The van der Waals surface area contributed by atoms with Crippen LogP contribution in [-0.2, 0) is 0 Å². The fourth-order valence-corrected chi connectivity index (χ4v) is 9.24. The molecule has 0 saturated heterocycles. The van der Waals surface area contributed by atoms with Gasteiger partial charge in [-0.2, -0.15) is 0 Å². The maximum Gasteiger partial charge on any atom is 0.138 e. The van der Waals surface area contributed by atoms with Crippen molar-refractivity contribution < 1.29 is 0 Å². The third kappa shape index (κ3) is 6.86. The van der Waals surface area contributed by atoms with E-state index in [1.165, 1.54) is 44.1 Å². The van der Waals surface area contributed by atoms with Gasteiger partial charge >= 0.3 is 0 Å². The minimum absolute atomic E-state index is 0.879. The minimum atomic E-state index is 0.879. The van der Waals surface area contributed by atoms with Gasteiger partial charge in [0.1, 0.15) is 5.82 Å². The number of pyridine rings is 1. The van der Waals surface area contributed by atoms with Crippen LogP contribution in [0.2, 0.25) is 0 Å². The summed E-state index contributed by atoms with van der Waals surface area (Å²) >= 11 is 0. The fraction of sp³-hybridized carbons (Fsp3) is 0.0167. The lowest BCUT2D eigenvalue weighted by atomic mass is 9.98. The first-order valence-electron chi connectivity index (χ1n) is 21.5. The lowest BCUT2D eigenvalue weighted by Gasteiger charge is -2.14. The second-order valence-corrected chi connectivity index (χ2v) is 16.1. The summed E-state index contributed by atoms with van der Waals surface area (Å²) in [5.41, 5.74) is 18.2. The molecule has 0 amide bonds. The van der Waals surface area contributed by atoms with Crippen LogP contribution in [0.25, 0.3) is 106 Å². The molecule has 0 spiro atoms. The van der Waals surface area contributed by atoms with Gasteiger partial charge in [-0.3, -0.25) is 4.57 Å². The quantitative estimate of drug-likeness (QED) is 0.133.